The van der Waals surface area contributed by atoms with Crippen LogP contribution in [-0.2, 0) is 13.1 Å². The van der Waals surface area contributed by atoms with Gasteiger partial charge in [0.1, 0.15) is 0 Å². The first kappa shape index (κ1) is 14.5. The van der Waals surface area contributed by atoms with Crippen molar-refractivity contribution in [2.45, 2.75) is 46.8 Å². The number of nitrogens with zero attached hydrogens (tertiary/aromatic N) is 4. The van der Waals surface area contributed by atoms with E-state index in [4.69, 9.17) is 0 Å². The average molecular weight is 283 g/mol. The number of anilines is 1. The number of aryl methyl sites for hydroxylation is 3. The standard InChI is InChI=1S/C13H19F2N5/c1-4-5-19-7-11(9(2)17-19)6-16-12-8-20(13(14)15)18-10(12)3/h7-8,13,16H,4-6H2,1-3H3. The molecule has 0 spiro atoms. The summed E-state index contributed by atoms with van der Waals surface area (Å²) in [6.07, 6.45) is 4.33. The Hall–Kier alpha value is -1.92. The monoisotopic (exact) mass is 283 g/mol. The largest absolute Gasteiger partial charge is 0.378 e. The number of alkyl halides is 2. The molecule has 1 N–H and O–H groups in total. The molecular weight excluding hydrogens is 264 g/mol. The van der Waals surface area contributed by atoms with Crippen LogP contribution in [0.3, 0.4) is 0 Å². The molecule has 2 heterocycles. The van der Waals surface area contributed by atoms with Crippen molar-refractivity contribution in [2.75, 3.05) is 5.32 Å². The fourth-order valence-electron chi connectivity index (χ4n) is 2.02. The van der Waals surface area contributed by atoms with Gasteiger partial charge in [-0.05, 0) is 20.3 Å². The Morgan fingerprint density at radius 3 is 2.55 bits per heavy atom. The highest BCUT2D eigenvalue weighted by Gasteiger charge is 2.12. The quantitative estimate of drug-likeness (QED) is 0.886. The van der Waals surface area contributed by atoms with E-state index in [0.29, 0.717) is 22.6 Å². The summed E-state index contributed by atoms with van der Waals surface area (Å²) < 4.78 is 27.6. The minimum Gasteiger partial charge on any atom is -0.378 e. The lowest BCUT2D eigenvalue weighted by Gasteiger charge is -2.03. The van der Waals surface area contributed by atoms with Crippen LogP contribution in [0, 0.1) is 13.8 Å². The van der Waals surface area contributed by atoms with Gasteiger partial charge in [-0.1, -0.05) is 6.92 Å². The van der Waals surface area contributed by atoms with Crippen molar-refractivity contribution in [2.24, 2.45) is 0 Å². The van der Waals surface area contributed by atoms with E-state index in [1.54, 1.807) is 6.92 Å². The molecule has 0 amide bonds. The molecule has 0 aliphatic carbocycles. The minimum atomic E-state index is -2.61. The molecule has 0 bridgehead atoms. The molecule has 5 nitrogen and oxygen atoms in total. The molecule has 2 aromatic rings. The van der Waals surface area contributed by atoms with Crippen molar-refractivity contribution in [3.63, 3.8) is 0 Å². The van der Waals surface area contributed by atoms with Crippen LogP contribution >= 0.6 is 0 Å². The SMILES string of the molecule is CCCn1cc(CNc2cn(C(F)F)nc2C)c(C)n1. The molecule has 0 aliphatic rings. The molecule has 20 heavy (non-hydrogen) atoms. The highest BCUT2D eigenvalue weighted by atomic mass is 19.3. The van der Waals surface area contributed by atoms with Gasteiger partial charge < -0.3 is 5.32 Å². The summed E-state index contributed by atoms with van der Waals surface area (Å²) in [5.74, 6) is 0. The second kappa shape index (κ2) is 6.02. The smallest absolute Gasteiger partial charge is 0.333 e. The molecule has 0 aromatic carbocycles. The Kier molecular flexibility index (Phi) is 4.36. The van der Waals surface area contributed by atoms with Crippen molar-refractivity contribution < 1.29 is 8.78 Å². The van der Waals surface area contributed by atoms with Gasteiger partial charge in [0, 0.05) is 24.8 Å². The fraction of sp³-hybridized carbons (Fsp3) is 0.538. The molecular formula is C13H19F2N5. The maximum Gasteiger partial charge on any atom is 0.333 e. The van der Waals surface area contributed by atoms with Gasteiger partial charge in [-0.3, -0.25) is 4.68 Å². The van der Waals surface area contributed by atoms with Gasteiger partial charge in [0.2, 0.25) is 0 Å². The van der Waals surface area contributed by atoms with Crippen LogP contribution in [0.25, 0.3) is 0 Å². The van der Waals surface area contributed by atoms with E-state index in [2.05, 4.69) is 22.4 Å². The molecule has 0 atom stereocenters. The van der Waals surface area contributed by atoms with Crippen LogP contribution in [0.4, 0.5) is 14.5 Å². The van der Waals surface area contributed by atoms with Crippen molar-refractivity contribution in [3.8, 4) is 0 Å². The maximum absolute atomic E-state index is 12.5. The topological polar surface area (TPSA) is 47.7 Å². The Morgan fingerprint density at radius 2 is 1.95 bits per heavy atom. The second-order valence-electron chi connectivity index (χ2n) is 4.74. The first-order valence-electron chi connectivity index (χ1n) is 6.62. The van der Waals surface area contributed by atoms with Gasteiger partial charge in [0.05, 0.1) is 23.3 Å². The normalized spacial score (nSPS) is 11.3. The third kappa shape index (κ3) is 3.15. The first-order chi connectivity index (χ1) is 9.51. The number of hydrogen-bond acceptors (Lipinski definition) is 3. The molecule has 0 saturated heterocycles. The highest BCUT2D eigenvalue weighted by molar-refractivity contribution is 5.46. The molecule has 2 aromatic heterocycles. The number of nitrogens with one attached hydrogen (secondary N) is 1. The first-order valence-corrected chi connectivity index (χ1v) is 6.62. The lowest BCUT2D eigenvalue weighted by Crippen LogP contribution is -2.00. The Labute approximate surface area is 116 Å². The van der Waals surface area contributed by atoms with Gasteiger partial charge in [0.15, 0.2) is 0 Å². The molecule has 7 heteroatoms. The summed E-state index contributed by atoms with van der Waals surface area (Å²) in [5.41, 5.74) is 3.18. The van der Waals surface area contributed by atoms with Crippen molar-refractivity contribution >= 4 is 5.69 Å². The van der Waals surface area contributed by atoms with Crippen molar-refractivity contribution in [1.82, 2.24) is 19.6 Å². The molecule has 0 fully saturated rings. The zero-order chi connectivity index (χ0) is 14.7. The second-order valence-corrected chi connectivity index (χ2v) is 4.74. The molecule has 110 valence electrons. The van der Waals surface area contributed by atoms with Gasteiger partial charge in [0.25, 0.3) is 0 Å². The van der Waals surface area contributed by atoms with E-state index >= 15 is 0 Å². The molecule has 0 radical (unpaired) electrons. The molecule has 0 saturated carbocycles. The summed E-state index contributed by atoms with van der Waals surface area (Å²) in [5, 5.41) is 11.3. The van der Waals surface area contributed by atoms with Gasteiger partial charge >= 0.3 is 6.55 Å². The Balaban J connectivity index is 2.05. The lowest BCUT2D eigenvalue weighted by molar-refractivity contribution is 0.0563. The summed E-state index contributed by atoms with van der Waals surface area (Å²) in [7, 11) is 0. The molecule has 0 unspecified atom stereocenters. The number of aromatic nitrogens is 4. The van der Waals surface area contributed by atoms with E-state index < -0.39 is 6.55 Å². The van der Waals surface area contributed by atoms with Crippen LogP contribution in [-0.4, -0.2) is 19.6 Å². The van der Waals surface area contributed by atoms with Crippen molar-refractivity contribution in [1.29, 1.82) is 0 Å². The van der Waals surface area contributed by atoms with Crippen LogP contribution in [0.5, 0.6) is 0 Å². The predicted molar refractivity (Wildman–Crippen MR) is 72.8 cm³/mol. The summed E-state index contributed by atoms with van der Waals surface area (Å²) in [6.45, 7) is 4.55. The van der Waals surface area contributed by atoms with E-state index in [1.807, 2.05) is 17.8 Å². The third-order valence-electron chi connectivity index (χ3n) is 3.09. The van der Waals surface area contributed by atoms with Crippen molar-refractivity contribution in [3.05, 3.63) is 29.3 Å². The number of hydrogen-bond donors (Lipinski definition) is 1. The predicted octanol–water partition coefficient (Wildman–Crippen LogP) is 3.11. The molecule has 0 aliphatic heterocycles. The Morgan fingerprint density at radius 1 is 1.20 bits per heavy atom. The number of halogens is 2. The zero-order valence-corrected chi connectivity index (χ0v) is 11.9. The third-order valence-corrected chi connectivity index (χ3v) is 3.09. The van der Waals surface area contributed by atoms with Gasteiger partial charge in [-0.2, -0.15) is 19.0 Å². The van der Waals surface area contributed by atoms with Crippen LogP contribution in [0.15, 0.2) is 12.4 Å². The van der Waals surface area contributed by atoms with E-state index in [1.165, 1.54) is 6.20 Å². The summed E-state index contributed by atoms with van der Waals surface area (Å²) in [4.78, 5) is 0. The Bertz CT molecular complexity index is 573. The van der Waals surface area contributed by atoms with E-state index in [9.17, 15) is 8.78 Å². The zero-order valence-electron chi connectivity index (χ0n) is 11.9. The van der Waals surface area contributed by atoms with Crippen LogP contribution in [0.2, 0.25) is 0 Å². The van der Waals surface area contributed by atoms with E-state index in [0.717, 1.165) is 24.2 Å². The maximum atomic E-state index is 12.5. The lowest BCUT2D eigenvalue weighted by atomic mass is 10.2. The van der Waals surface area contributed by atoms with Crippen LogP contribution < -0.4 is 5.32 Å². The van der Waals surface area contributed by atoms with E-state index in [-0.39, 0.29) is 0 Å². The molecule has 2 rings (SSSR count). The fourth-order valence-corrected chi connectivity index (χ4v) is 2.02. The van der Waals surface area contributed by atoms with Gasteiger partial charge in [-0.25, -0.2) is 4.68 Å². The number of rotatable bonds is 6. The minimum absolute atomic E-state index is 0.547. The summed E-state index contributed by atoms with van der Waals surface area (Å²) in [6, 6.07) is 0. The highest BCUT2D eigenvalue weighted by Crippen LogP contribution is 2.19. The van der Waals surface area contributed by atoms with Crippen LogP contribution in [0.1, 0.15) is 36.8 Å². The summed E-state index contributed by atoms with van der Waals surface area (Å²) >= 11 is 0. The van der Waals surface area contributed by atoms with Gasteiger partial charge in [-0.15, -0.1) is 0 Å². The average Bonchev–Trinajstić information content (AvgIpc) is 2.91.